The Hall–Kier alpha value is -1.30. The molecule has 4 N–H and O–H groups in total. The van der Waals surface area contributed by atoms with Crippen LogP contribution in [0.5, 0.6) is 0 Å². The fourth-order valence-corrected chi connectivity index (χ4v) is 2.33. The molecule has 2 atom stereocenters. The molecule has 1 fully saturated rings. The van der Waals surface area contributed by atoms with Gasteiger partial charge in [-0.25, -0.2) is 9.59 Å². The average molecular weight is 258 g/mol. The van der Waals surface area contributed by atoms with Crippen molar-refractivity contribution in [2.45, 2.75) is 51.6 Å². The predicted molar refractivity (Wildman–Crippen MR) is 66.2 cm³/mol. The van der Waals surface area contributed by atoms with Crippen LogP contribution in [0.3, 0.4) is 0 Å². The summed E-state index contributed by atoms with van der Waals surface area (Å²) in [6, 6.07) is -1.41. The largest absolute Gasteiger partial charge is 0.480 e. The lowest BCUT2D eigenvalue weighted by Gasteiger charge is -2.19. The van der Waals surface area contributed by atoms with Gasteiger partial charge in [-0.1, -0.05) is 13.8 Å². The lowest BCUT2D eigenvalue weighted by Crippen LogP contribution is -2.49. The van der Waals surface area contributed by atoms with Crippen molar-refractivity contribution >= 4 is 12.0 Å². The summed E-state index contributed by atoms with van der Waals surface area (Å²) in [5.41, 5.74) is 0.231. The number of hydrogen-bond donors (Lipinski definition) is 4. The van der Waals surface area contributed by atoms with Crippen LogP contribution in [0.1, 0.15) is 39.5 Å². The van der Waals surface area contributed by atoms with Crippen molar-refractivity contribution in [2.24, 2.45) is 5.41 Å². The number of carbonyl (C=O) groups is 2. The Labute approximate surface area is 107 Å². The summed E-state index contributed by atoms with van der Waals surface area (Å²) in [5, 5.41) is 22.7. The van der Waals surface area contributed by atoms with Crippen LogP contribution in [0.25, 0.3) is 0 Å². The van der Waals surface area contributed by atoms with Gasteiger partial charge >= 0.3 is 12.0 Å². The van der Waals surface area contributed by atoms with E-state index in [0.29, 0.717) is 0 Å². The van der Waals surface area contributed by atoms with Crippen molar-refractivity contribution in [2.75, 3.05) is 6.61 Å². The number of carboxylic acids is 1. The third-order valence-electron chi connectivity index (χ3n) is 3.32. The molecule has 0 heterocycles. The Bertz CT molecular complexity index is 317. The Kier molecular flexibility index (Phi) is 4.95. The second-order valence-electron chi connectivity index (χ2n) is 5.62. The number of urea groups is 1. The second-order valence-corrected chi connectivity index (χ2v) is 5.62. The van der Waals surface area contributed by atoms with Crippen molar-refractivity contribution < 1.29 is 19.8 Å². The van der Waals surface area contributed by atoms with E-state index in [4.69, 9.17) is 10.2 Å². The van der Waals surface area contributed by atoms with E-state index in [9.17, 15) is 9.59 Å². The number of nitrogens with one attached hydrogen (secondary N) is 2. The van der Waals surface area contributed by atoms with Gasteiger partial charge in [0.25, 0.3) is 0 Å². The first-order valence-electron chi connectivity index (χ1n) is 6.25. The van der Waals surface area contributed by atoms with E-state index in [-0.39, 0.29) is 24.5 Å². The molecule has 1 rings (SSSR count). The molecular weight excluding hydrogens is 236 g/mol. The highest BCUT2D eigenvalue weighted by atomic mass is 16.4. The zero-order valence-electron chi connectivity index (χ0n) is 10.9. The molecule has 0 aliphatic heterocycles. The number of rotatable bonds is 5. The summed E-state index contributed by atoms with van der Waals surface area (Å²) in [6.45, 7) is 4.03. The monoisotopic (exact) mass is 258 g/mol. The third kappa shape index (κ3) is 4.52. The topological polar surface area (TPSA) is 98.7 Å². The van der Waals surface area contributed by atoms with Crippen LogP contribution in [0.2, 0.25) is 0 Å². The highest BCUT2D eigenvalue weighted by Crippen LogP contribution is 2.36. The number of aliphatic hydroxyl groups is 1. The Balaban J connectivity index is 2.39. The summed E-state index contributed by atoms with van der Waals surface area (Å²) in [6.07, 6.45) is 2.88. The Morgan fingerprint density at radius 3 is 2.56 bits per heavy atom. The van der Waals surface area contributed by atoms with Crippen molar-refractivity contribution in [1.82, 2.24) is 10.6 Å². The van der Waals surface area contributed by atoms with Gasteiger partial charge in [0.1, 0.15) is 6.04 Å². The minimum atomic E-state index is -1.13. The van der Waals surface area contributed by atoms with E-state index in [1.807, 2.05) is 0 Å². The molecule has 0 radical (unpaired) electrons. The predicted octanol–water partition coefficient (Wildman–Crippen LogP) is 0.700. The standard InChI is InChI=1S/C12H22N2O4/c1-12(2)5-3-8(7-12)13-11(18)14-9(4-6-15)10(16)17/h8-9,15H,3-7H2,1-2H3,(H,16,17)(H2,13,14,18)/t8?,9-/m1/s1. The molecule has 0 aromatic rings. The van der Waals surface area contributed by atoms with E-state index in [2.05, 4.69) is 24.5 Å². The van der Waals surface area contributed by atoms with E-state index >= 15 is 0 Å². The van der Waals surface area contributed by atoms with E-state index in [1.165, 1.54) is 0 Å². The van der Waals surface area contributed by atoms with Crippen LogP contribution < -0.4 is 10.6 Å². The summed E-state index contributed by atoms with van der Waals surface area (Å²) >= 11 is 0. The molecule has 0 bridgehead atoms. The fraction of sp³-hybridized carbons (Fsp3) is 0.833. The van der Waals surface area contributed by atoms with Crippen LogP contribution in [0, 0.1) is 5.41 Å². The number of amides is 2. The normalized spacial score (nSPS) is 23.4. The van der Waals surface area contributed by atoms with Crippen molar-refractivity contribution in [3.8, 4) is 0 Å². The summed E-state index contributed by atoms with van der Waals surface area (Å²) in [7, 11) is 0. The van der Waals surface area contributed by atoms with Crippen molar-refractivity contribution in [3.63, 3.8) is 0 Å². The molecule has 2 amide bonds. The zero-order chi connectivity index (χ0) is 13.8. The number of aliphatic hydroxyl groups excluding tert-OH is 1. The maximum Gasteiger partial charge on any atom is 0.326 e. The first-order chi connectivity index (χ1) is 8.34. The molecular formula is C12H22N2O4. The highest BCUT2D eigenvalue weighted by molar-refractivity contribution is 5.82. The molecule has 0 saturated heterocycles. The number of carboxylic acid groups (broad SMARTS) is 1. The molecule has 6 heteroatoms. The van der Waals surface area contributed by atoms with E-state index in [0.717, 1.165) is 19.3 Å². The maximum atomic E-state index is 11.6. The summed E-state index contributed by atoms with van der Waals surface area (Å²) < 4.78 is 0. The Morgan fingerprint density at radius 2 is 2.11 bits per heavy atom. The van der Waals surface area contributed by atoms with Crippen LogP contribution in [0.15, 0.2) is 0 Å². The molecule has 0 aromatic heterocycles. The van der Waals surface area contributed by atoms with Gasteiger partial charge in [-0.3, -0.25) is 0 Å². The van der Waals surface area contributed by atoms with Crippen LogP contribution >= 0.6 is 0 Å². The maximum absolute atomic E-state index is 11.6. The quantitative estimate of drug-likeness (QED) is 0.583. The van der Waals surface area contributed by atoms with Gasteiger partial charge in [-0.2, -0.15) is 0 Å². The van der Waals surface area contributed by atoms with Crippen LogP contribution in [-0.2, 0) is 4.79 Å². The molecule has 1 aliphatic carbocycles. The van der Waals surface area contributed by atoms with Gasteiger partial charge in [0, 0.05) is 19.1 Å². The SMILES string of the molecule is CC1(C)CCC(NC(=O)N[C@H](CCO)C(=O)O)C1. The van der Waals surface area contributed by atoms with E-state index < -0.39 is 18.0 Å². The lowest BCUT2D eigenvalue weighted by molar-refractivity contribution is -0.139. The first kappa shape index (κ1) is 14.8. The lowest BCUT2D eigenvalue weighted by atomic mass is 9.92. The zero-order valence-corrected chi connectivity index (χ0v) is 10.9. The number of carbonyl (C=O) groups excluding carboxylic acids is 1. The molecule has 0 aromatic carbocycles. The van der Waals surface area contributed by atoms with Gasteiger partial charge in [0.15, 0.2) is 0 Å². The average Bonchev–Trinajstić information content (AvgIpc) is 2.57. The number of aliphatic carboxylic acids is 1. The summed E-state index contributed by atoms with van der Waals surface area (Å²) in [5.74, 6) is -1.13. The van der Waals surface area contributed by atoms with Gasteiger partial charge in [0.2, 0.25) is 0 Å². The van der Waals surface area contributed by atoms with E-state index in [1.54, 1.807) is 0 Å². The van der Waals surface area contributed by atoms with Crippen molar-refractivity contribution in [1.29, 1.82) is 0 Å². The van der Waals surface area contributed by atoms with Crippen LogP contribution in [0.4, 0.5) is 4.79 Å². The fourth-order valence-electron chi connectivity index (χ4n) is 2.33. The molecule has 6 nitrogen and oxygen atoms in total. The minimum Gasteiger partial charge on any atom is -0.480 e. The minimum absolute atomic E-state index is 0.0128. The number of hydrogen-bond acceptors (Lipinski definition) is 3. The Morgan fingerprint density at radius 1 is 1.44 bits per heavy atom. The molecule has 1 unspecified atom stereocenters. The van der Waals surface area contributed by atoms with Crippen molar-refractivity contribution in [3.05, 3.63) is 0 Å². The molecule has 104 valence electrons. The highest BCUT2D eigenvalue weighted by Gasteiger charge is 2.32. The smallest absolute Gasteiger partial charge is 0.326 e. The molecule has 1 saturated carbocycles. The third-order valence-corrected chi connectivity index (χ3v) is 3.32. The van der Waals surface area contributed by atoms with Gasteiger partial charge in [-0.05, 0) is 24.7 Å². The molecule has 0 spiro atoms. The van der Waals surface area contributed by atoms with Gasteiger partial charge < -0.3 is 20.8 Å². The van der Waals surface area contributed by atoms with Gasteiger partial charge in [0.05, 0.1) is 0 Å². The molecule has 1 aliphatic rings. The molecule has 18 heavy (non-hydrogen) atoms. The summed E-state index contributed by atoms with van der Waals surface area (Å²) in [4.78, 5) is 22.4. The van der Waals surface area contributed by atoms with Gasteiger partial charge in [-0.15, -0.1) is 0 Å². The second kappa shape index (κ2) is 6.04. The van der Waals surface area contributed by atoms with Crippen LogP contribution in [-0.4, -0.2) is 40.9 Å². The first-order valence-corrected chi connectivity index (χ1v) is 6.25.